The molecule has 6 heteroatoms. The lowest BCUT2D eigenvalue weighted by atomic mass is 10.3. The quantitative estimate of drug-likeness (QED) is 0.801. The SMILES string of the molecule is COC(=O)Cc1sc(N2CCNCC2)nc1C. The smallest absolute Gasteiger partial charge is 0.310 e. The Morgan fingerprint density at radius 3 is 2.88 bits per heavy atom. The van der Waals surface area contributed by atoms with Gasteiger partial charge in [0.2, 0.25) is 0 Å². The van der Waals surface area contributed by atoms with E-state index in [0.29, 0.717) is 6.42 Å². The maximum absolute atomic E-state index is 11.3. The molecule has 0 aliphatic carbocycles. The summed E-state index contributed by atoms with van der Waals surface area (Å²) in [4.78, 5) is 19.0. The second-order valence-corrected chi connectivity index (χ2v) is 5.06. The zero-order valence-corrected chi connectivity index (χ0v) is 11.0. The molecule has 0 radical (unpaired) electrons. The summed E-state index contributed by atoms with van der Waals surface area (Å²) in [6.45, 7) is 5.88. The van der Waals surface area contributed by atoms with Crippen LogP contribution in [0.5, 0.6) is 0 Å². The number of rotatable bonds is 3. The number of nitrogens with zero attached hydrogens (tertiary/aromatic N) is 2. The van der Waals surface area contributed by atoms with Gasteiger partial charge < -0.3 is 15.0 Å². The van der Waals surface area contributed by atoms with Crippen LogP contribution in [-0.4, -0.2) is 44.2 Å². The monoisotopic (exact) mass is 255 g/mol. The van der Waals surface area contributed by atoms with Gasteiger partial charge in [-0.05, 0) is 6.92 Å². The maximum atomic E-state index is 11.3. The van der Waals surface area contributed by atoms with E-state index in [4.69, 9.17) is 0 Å². The fourth-order valence-corrected chi connectivity index (χ4v) is 2.87. The minimum absolute atomic E-state index is 0.205. The molecule has 17 heavy (non-hydrogen) atoms. The molecule has 0 saturated carbocycles. The highest BCUT2D eigenvalue weighted by atomic mass is 32.1. The van der Waals surface area contributed by atoms with Crippen LogP contribution in [0.4, 0.5) is 5.13 Å². The molecule has 5 nitrogen and oxygen atoms in total. The Labute approximate surface area is 105 Å². The van der Waals surface area contributed by atoms with E-state index in [1.54, 1.807) is 11.3 Å². The number of carbonyl (C=O) groups is 1. The largest absolute Gasteiger partial charge is 0.469 e. The fourth-order valence-electron chi connectivity index (χ4n) is 1.77. The molecular weight excluding hydrogens is 238 g/mol. The number of ether oxygens (including phenoxy) is 1. The van der Waals surface area contributed by atoms with Gasteiger partial charge in [-0.25, -0.2) is 4.98 Å². The highest BCUT2D eigenvalue weighted by Crippen LogP contribution is 2.26. The summed E-state index contributed by atoms with van der Waals surface area (Å²) in [5.41, 5.74) is 0.939. The average Bonchev–Trinajstić information content (AvgIpc) is 2.72. The van der Waals surface area contributed by atoms with E-state index in [1.165, 1.54) is 7.11 Å². The van der Waals surface area contributed by atoms with Crippen molar-refractivity contribution in [3.05, 3.63) is 10.6 Å². The molecule has 1 aromatic rings. The highest BCUT2D eigenvalue weighted by Gasteiger charge is 2.17. The molecule has 1 saturated heterocycles. The van der Waals surface area contributed by atoms with Crippen LogP contribution < -0.4 is 10.2 Å². The summed E-state index contributed by atoms with van der Waals surface area (Å²) in [6, 6.07) is 0. The third kappa shape index (κ3) is 2.95. The molecule has 2 heterocycles. The lowest BCUT2D eigenvalue weighted by Gasteiger charge is -2.26. The van der Waals surface area contributed by atoms with E-state index >= 15 is 0 Å². The van der Waals surface area contributed by atoms with Crippen molar-refractivity contribution < 1.29 is 9.53 Å². The molecule has 0 spiro atoms. The molecular formula is C11H17N3O2S. The predicted molar refractivity (Wildman–Crippen MR) is 67.7 cm³/mol. The standard InChI is InChI=1S/C11H17N3O2S/c1-8-9(7-10(15)16-2)17-11(13-8)14-5-3-12-4-6-14/h12H,3-7H2,1-2H3. The van der Waals surface area contributed by atoms with Crippen molar-refractivity contribution in [2.75, 3.05) is 38.2 Å². The van der Waals surface area contributed by atoms with Crippen LogP contribution >= 0.6 is 11.3 Å². The van der Waals surface area contributed by atoms with Crippen molar-refractivity contribution in [1.82, 2.24) is 10.3 Å². The van der Waals surface area contributed by atoms with Crippen LogP contribution in [0.25, 0.3) is 0 Å². The van der Waals surface area contributed by atoms with E-state index < -0.39 is 0 Å². The zero-order chi connectivity index (χ0) is 12.3. The lowest BCUT2D eigenvalue weighted by Crippen LogP contribution is -2.43. The molecule has 1 fully saturated rings. The molecule has 1 aliphatic rings. The summed E-state index contributed by atoms with van der Waals surface area (Å²) in [7, 11) is 1.41. The number of hydrogen-bond donors (Lipinski definition) is 1. The van der Waals surface area contributed by atoms with E-state index in [-0.39, 0.29) is 5.97 Å². The topological polar surface area (TPSA) is 54.5 Å². The molecule has 0 bridgehead atoms. The number of anilines is 1. The Morgan fingerprint density at radius 2 is 2.24 bits per heavy atom. The Kier molecular flexibility index (Phi) is 3.96. The second-order valence-electron chi connectivity index (χ2n) is 3.99. The first-order chi connectivity index (χ1) is 8.20. The van der Waals surface area contributed by atoms with Gasteiger partial charge in [0.1, 0.15) is 0 Å². The number of esters is 1. The fraction of sp³-hybridized carbons (Fsp3) is 0.636. The van der Waals surface area contributed by atoms with Gasteiger partial charge in [0, 0.05) is 31.1 Å². The summed E-state index contributed by atoms with van der Waals surface area (Å²) in [5, 5.41) is 4.32. The van der Waals surface area contributed by atoms with Crippen molar-refractivity contribution in [2.45, 2.75) is 13.3 Å². The highest BCUT2D eigenvalue weighted by molar-refractivity contribution is 7.15. The first kappa shape index (κ1) is 12.3. The minimum atomic E-state index is -0.205. The van der Waals surface area contributed by atoms with Gasteiger partial charge in [-0.2, -0.15) is 0 Å². The summed E-state index contributed by atoms with van der Waals surface area (Å²) >= 11 is 1.60. The number of nitrogens with one attached hydrogen (secondary N) is 1. The van der Waals surface area contributed by atoms with Crippen molar-refractivity contribution >= 4 is 22.4 Å². The molecule has 0 amide bonds. The summed E-state index contributed by atoms with van der Waals surface area (Å²) in [5.74, 6) is -0.205. The molecule has 1 aliphatic heterocycles. The Balaban J connectivity index is 2.09. The number of hydrogen-bond acceptors (Lipinski definition) is 6. The van der Waals surface area contributed by atoms with Crippen molar-refractivity contribution in [3.63, 3.8) is 0 Å². The van der Waals surface area contributed by atoms with Gasteiger partial charge in [0.05, 0.1) is 19.2 Å². The number of aryl methyl sites for hydroxylation is 1. The van der Waals surface area contributed by atoms with Crippen molar-refractivity contribution in [3.8, 4) is 0 Å². The Morgan fingerprint density at radius 1 is 1.53 bits per heavy atom. The zero-order valence-electron chi connectivity index (χ0n) is 10.2. The molecule has 1 N–H and O–H groups in total. The Bertz CT molecular complexity index is 399. The predicted octanol–water partition coefficient (Wildman–Crippen LogP) is 0.577. The maximum Gasteiger partial charge on any atom is 0.310 e. The molecule has 0 unspecified atom stereocenters. The third-order valence-corrected chi connectivity index (χ3v) is 4.02. The van der Waals surface area contributed by atoms with Crippen LogP contribution in [0.2, 0.25) is 0 Å². The van der Waals surface area contributed by atoms with Crippen LogP contribution in [0.15, 0.2) is 0 Å². The van der Waals surface area contributed by atoms with Gasteiger partial charge in [-0.1, -0.05) is 0 Å². The third-order valence-electron chi connectivity index (χ3n) is 2.80. The minimum Gasteiger partial charge on any atom is -0.469 e. The molecule has 94 valence electrons. The second kappa shape index (κ2) is 5.46. The van der Waals surface area contributed by atoms with E-state index in [9.17, 15) is 4.79 Å². The lowest BCUT2D eigenvalue weighted by molar-refractivity contribution is -0.139. The van der Waals surface area contributed by atoms with E-state index in [2.05, 4.69) is 19.9 Å². The summed E-state index contributed by atoms with van der Waals surface area (Å²) < 4.78 is 4.68. The normalized spacial score (nSPS) is 16.0. The first-order valence-corrected chi connectivity index (χ1v) is 6.51. The molecule has 0 aromatic carbocycles. The van der Waals surface area contributed by atoms with Gasteiger partial charge in [0.15, 0.2) is 5.13 Å². The summed E-state index contributed by atoms with van der Waals surface area (Å²) in [6.07, 6.45) is 0.325. The van der Waals surface area contributed by atoms with Crippen molar-refractivity contribution in [2.24, 2.45) is 0 Å². The molecule has 1 aromatic heterocycles. The number of methoxy groups -OCH3 is 1. The van der Waals surface area contributed by atoms with Crippen LogP contribution in [0.3, 0.4) is 0 Å². The van der Waals surface area contributed by atoms with Crippen LogP contribution in [-0.2, 0) is 16.0 Å². The molecule has 0 atom stereocenters. The van der Waals surface area contributed by atoms with Gasteiger partial charge in [-0.15, -0.1) is 11.3 Å². The van der Waals surface area contributed by atoms with Gasteiger partial charge >= 0.3 is 5.97 Å². The number of carbonyl (C=O) groups excluding carboxylic acids is 1. The van der Waals surface area contributed by atoms with Crippen LogP contribution in [0, 0.1) is 6.92 Å². The molecule has 2 rings (SSSR count). The number of thiazole rings is 1. The number of aromatic nitrogens is 1. The van der Waals surface area contributed by atoms with E-state index in [1.807, 2.05) is 6.92 Å². The average molecular weight is 255 g/mol. The van der Waals surface area contributed by atoms with Crippen LogP contribution in [0.1, 0.15) is 10.6 Å². The van der Waals surface area contributed by atoms with Gasteiger partial charge in [0.25, 0.3) is 0 Å². The van der Waals surface area contributed by atoms with E-state index in [0.717, 1.165) is 41.9 Å². The van der Waals surface area contributed by atoms with Gasteiger partial charge in [-0.3, -0.25) is 4.79 Å². The van der Waals surface area contributed by atoms with Crippen molar-refractivity contribution in [1.29, 1.82) is 0 Å². The first-order valence-electron chi connectivity index (χ1n) is 5.69. The Hall–Kier alpha value is -1.14. The number of piperazine rings is 1.